The number of carbonyl (C=O) groups is 1. The van der Waals surface area contributed by atoms with Gasteiger partial charge in [-0.15, -0.1) is 0 Å². The first kappa shape index (κ1) is 23.1. The average Bonchev–Trinajstić information content (AvgIpc) is 2.66. The van der Waals surface area contributed by atoms with Gasteiger partial charge in [0.15, 0.2) is 11.1 Å². The lowest BCUT2D eigenvalue weighted by atomic mass is 10.0. The number of carbonyl (C=O) groups excluding carboxylic acids is 1. The Morgan fingerprint density at radius 1 is 1.19 bits per heavy atom. The first-order valence-electron chi connectivity index (χ1n) is 9.77. The minimum Gasteiger partial charge on any atom is -0.455 e. The second-order valence-electron chi connectivity index (χ2n) is 8.46. The number of benzene rings is 1. The highest BCUT2D eigenvalue weighted by atomic mass is 35.5. The van der Waals surface area contributed by atoms with Gasteiger partial charge in [0.25, 0.3) is 0 Å². The summed E-state index contributed by atoms with van der Waals surface area (Å²) < 4.78 is 11.2. The lowest BCUT2D eigenvalue weighted by Crippen LogP contribution is -2.25. The van der Waals surface area contributed by atoms with Crippen molar-refractivity contribution in [1.29, 1.82) is 0 Å². The molecule has 0 fully saturated rings. The fourth-order valence-corrected chi connectivity index (χ4v) is 3.52. The van der Waals surface area contributed by atoms with Gasteiger partial charge in [-0.05, 0) is 76.9 Å². The number of halogens is 2. The Labute approximate surface area is 190 Å². The molecule has 0 saturated carbocycles. The molecule has 164 valence electrons. The van der Waals surface area contributed by atoms with Crippen LogP contribution in [0.1, 0.15) is 60.9 Å². The average molecular weight is 463 g/mol. The third-order valence-corrected chi connectivity index (χ3v) is 5.20. The molecule has 0 radical (unpaired) electrons. The highest BCUT2D eigenvalue weighted by molar-refractivity contribution is 6.30. The second-order valence-corrected chi connectivity index (χ2v) is 9.19. The maximum atomic E-state index is 12.7. The maximum absolute atomic E-state index is 12.7. The quantitative estimate of drug-likeness (QED) is 0.364. The smallest absolute Gasteiger partial charge is 0.359 e. The number of hydrogen-bond donors (Lipinski definition) is 1. The second kappa shape index (κ2) is 8.52. The molecule has 0 aliphatic heterocycles. The molecule has 0 spiro atoms. The van der Waals surface area contributed by atoms with Gasteiger partial charge in [-0.1, -0.05) is 17.7 Å². The zero-order valence-electron chi connectivity index (χ0n) is 18.2. The van der Waals surface area contributed by atoms with Gasteiger partial charge in [0.05, 0.1) is 22.7 Å². The Bertz CT molecular complexity index is 1230. The number of pyridine rings is 1. The number of hydrogen-bond acceptors (Lipinski definition) is 6. The van der Waals surface area contributed by atoms with Gasteiger partial charge < -0.3 is 14.5 Å². The molecule has 6 nitrogen and oxygen atoms in total. The van der Waals surface area contributed by atoms with E-state index in [1.165, 1.54) is 0 Å². The first-order chi connectivity index (χ1) is 14.4. The number of nitrogens with zero attached hydrogens (tertiary/aromatic N) is 1. The Kier molecular flexibility index (Phi) is 6.35. The molecule has 0 saturated heterocycles. The fraction of sp³-hybridized carbons (Fsp3) is 0.348. The molecule has 2 aromatic heterocycles. The van der Waals surface area contributed by atoms with Crippen molar-refractivity contribution in [2.45, 2.75) is 53.2 Å². The summed E-state index contributed by atoms with van der Waals surface area (Å²) in [6, 6.07) is 6.57. The van der Waals surface area contributed by atoms with Crippen LogP contribution in [0, 0.1) is 13.8 Å². The van der Waals surface area contributed by atoms with E-state index in [0.29, 0.717) is 22.2 Å². The first-order valence-corrected chi connectivity index (χ1v) is 10.5. The summed E-state index contributed by atoms with van der Waals surface area (Å²) in [6.07, 6.45) is 0. The van der Waals surface area contributed by atoms with Crippen LogP contribution in [-0.4, -0.2) is 16.6 Å². The highest BCUT2D eigenvalue weighted by Crippen LogP contribution is 2.31. The number of fused-ring (bicyclic) bond motifs is 1. The third-order valence-electron chi connectivity index (χ3n) is 4.63. The van der Waals surface area contributed by atoms with E-state index >= 15 is 0 Å². The summed E-state index contributed by atoms with van der Waals surface area (Å²) in [5, 5.41) is 3.95. The Hall–Kier alpha value is -2.57. The molecule has 8 heteroatoms. The van der Waals surface area contributed by atoms with Crippen LogP contribution in [0.5, 0.6) is 0 Å². The van der Waals surface area contributed by atoms with Crippen molar-refractivity contribution >= 4 is 45.8 Å². The lowest BCUT2D eigenvalue weighted by Gasteiger charge is -2.22. The zero-order chi connectivity index (χ0) is 23.1. The minimum absolute atomic E-state index is 0.0532. The number of anilines is 1. The van der Waals surface area contributed by atoms with E-state index < -0.39 is 11.6 Å². The standard InChI is InChI=1S/C23H24Cl2N2O4/c1-11-9-14(20-15(10-11)19(28)12(2)21(25)30-20)13(3)26-16-7-8-17(24)27-18(16)22(29)31-23(4,5)6/h7-10,13,26H,1-6H3/t13-/m1/s1. The molecule has 0 amide bonds. The van der Waals surface area contributed by atoms with E-state index in [1.807, 2.05) is 19.9 Å². The van der Waals surface area contributed by atoms with E-state index in [9.17, 15) is 9.59 Å². The van der Waals surface area contributed by atoms with Crippen LogP contribution in [0.3, 0.4) is 0 Å². The van der Waals surface area contributed by atoms with Crippen LogP contribution in [0.25, 0.3) is 11.0 Å². The van der Waals surface area contributed by atoms with Crippen LogP contribution >= 0.6 is 23.2 Å². The van der Waals surface area contributed by atoms with E-state index in [2.05, 4.69) is 10.3 Å². The molecule has 1 aromatic carbocycles. The number of aryl methyl sites for hydroxylation is 1. The van der Waals surface area contributed by atoms with Crippen LogP contribution in [0.4, 0.5) is 5.69 Å². The summed E-state index contributed by atoms with van der Waals surface area (Å²) in [5.41, 5.74) is 2.03. The van der Waals surface area contributed by atoms with E-state index in [-0.39, 0.29) is 27.5 Å². The molecule has 0 unspecified atom stereocenters. The van der Waals surface area contributed by atoms with Crippen LogP contribution in [-0.2, 0) is 4.74 Å². The Morgan fingerprint density at radius 2 is 1.87 bits per heavy atom. The normalized spacial score (nSPS) is 12.6. The highest BCUT2D eigenvalue weighted by Gasteiger charge is 2.24. The molecule has 1 atom stereocenters. The summed E-state index contributed by atoms with van der Waals surface area (Å²) in [6.45, 7) is 10.7. The summed E-state index contributed by atoms with van der Waals surface area (Å²) in [5.74, 6) is -0.594. The molecular weight excluding hydrogens is 439 g/mol. The SMILES string of the molecule is Cc1cc([C@@H](C)Nc2ccc(Cl)nc2C(=O)OC(C)(C)C)c2oc(Cl)c(C)c(=O)c2c1. The topological polar surface area (TPSA) is 81.4 Å². The molecular formula is C23H24Cl2N2O4. The molecule has 2 heterocycles. The van der Waals surface area contributed by atoms with Crippen molar-refractivity contribution in [3.05, 3.63) is 67.2 Å². The van der Waals surface area contributed by atoms with Gasteiger partial charge in [0.1, 0.15) is 16.3 Å². The number of rotatable bonds is 4. The number of nitrogens with one attached hydrogen (secondary N) is 1. The van der Waals surface area contributed by atoms with Gasteiger partial charge >= 0.3 is 5.97 Å². The summed E-state index contributed by atoms with van der Waals surface area (Å²) >= 11 is 12.2. The van der Waals surface area contributed by atoms with Crippen molar-refractivity contribution in [1.82, 2.24) is 4.98 Å². The fourth-order valence-electron chi connectivity index (χ4n) is 3.21. The van der Waals surface area contributed by atoms with Gasteiger partial charge in [-0.3, -0.25) is 4.79 Å². The molecule has 3 aromatic rings. The van der Waals surface area contributed by atoms with Crippen LogP contribution in [0.15, 0.2) is 33.5 Å². The number of esters is 1. The predicted molar refractivity (Wildman–Crippen MR) is 123 cm³/mol. The number of aromatic nitrogens is 1. The number of ether oxygens (including phenoxy) is 1. The Balaban J connectivity index is 2.07. The van der Waals surface area contributed by atoms with Crippen LogP contribution < -0.4 is 10.7 Å². The Morgan fingerprint density at radius 3 is 2.52 bits per heavy atom. The minimum atomic E-state index is -0.686. The van der Waals surface area contributed by atoms with Gasteiger partial charge in [0, 0.05) is 5.56 Å². The van der Waals surface area contributed by atoms with Crippen molar-refractivity contribution in [3.8, 4) is 0 Å². The van der Waals surface area contributed by atoms with E-state index in [4.69, 9.17) is 32.4 Å². The predicted octanol–water partition coefficient (Wildman–Crippen LogP) is 6.24. The molecule has 0 bridgehead atoms. The molecule has 0 aliphatic rings. The maximum Gasteiger partial charge on any atom is 0.359 e. The molecule has 3 rings (SSSR count). The van der Waals surface area contributed by atoms with Crippen molar-refractivity contribution in [2.24, 2.45) is 0 Å². The van der Waals surface area contributed by atoms with Crippen molar-refractivity contribution < 1.29 is 13.9 Å². The van der Waals surface area contributed by atoms with Gasteiger partial charge in [-0.25, -0.2) is 9.78 Å². The van der Waals surface area contributed by atoms with E-state index in [0.717, 1.165) is 11.1 Å². The lowest BCUT2D eigenvalue weighted by molar-refractivity contribution is 0.00640. The third kappa shape index (κ3) is 5.02. The summed E-state index contributed by atoms with van der Waals surface area (Å²) in [7, 11) is 0. The van der Waals surface area contributed by atoms with E-state index in [1.54, 1.807) is 45.9 Å². The van der Waals surface area contributed by atoms with Crippen molar-refractivity contribution in [3.63, 3.8) is 0 Å². The largest absolute Gasteiger partial charge is 0.455 e. The van der Waals surface area contributed by atoms with Crippen LogP contribution in [0.2, 0.25) is 10.4 Å². The van der Waals surface area contributed by atoms with Gasteiger partial charge in [0.2, 0.25) is 5.22 Å². The zero-order valence-corrected chi connectivity index (χ0v) is 19.7. The molecule has 1 N–H and O–H groups in total. The monoisotopic (exact) mass is 462 g/mol. The van der Waals surface area contributed by atoms with Gasteiger partial charge in [-0.2, -0.15) is 0 Å². The summed E-state index contributed by atoms with van der Waals surface area (Å²) in [4.78, 5) is 29.5. The molecule has 0 aliphatic carbocycles. The molecule has 31 heavy (non-hydrogen) atoms. The van der Waals surface area contributed by atoms with Crippen molar-refractivity contribution in [2.75, 3.05) is 5.32 Å².